The maximum Gasteiger partial charge on any atom is 0.266 e. The van der Waals surface area contributed by atoms with Crippen LogP contribution in [0.15, 0.2) is 0 Å². The number of carbonyl (C=O) groups is 2. The van der Waals surface area contributed by atoms with Crippen molar-refractivity contribution in [2.75, 3.05) is 26.2 Å². The summed E-state index contributed by atoms with van der Waals surface area (Å²) in [6.07, 6.45) is 2.05. The lowest BCUT2D eigenvalue weighted by Gasteiger charge is -2.33. The van der Waals surface area contributed by atoms with Crippen molar-refractivity contribution in [1.29, 1.82) is 0 Å². The number of rotatable bonds is 5. The lowest BCUT2D eigenvalue weighted by Crippen LogP contribution is -2.52. The average molecular weight is 255 g/mol. The molecule has 0 aliphatic carbocycles. The van der Waals surface area contributed by atoms with E-state index in [0.717, 1.165) is 25.9 Å². The molecule has 2 rings (SSSR count). The van der Waals surface area contributed by atoms with Crippen LogP contribution in [0.1, 0.15) is 26.2 Å². The summed E-state index contributed by atoms with van der Waals surface area (Å²) in [6, 6.07) is -0.365. The molecule has 0 bridgehead atoms. The first-order valence-corrected chi connectivity index (χ1v) is 6.64. The predicted molar refractivity (Wildman–Crippen MR) is 65.5 cm³/mol. The molecule has 0 aromatic heterocycles. The molecule has 6 heteroatoms. The molecule has 0 aromatic carbocycles. The maximum absolute atomic E-state index is 12.0. The Morgan fingerprint density at radius 2 is 2.33 bits per heavy atom. The van der Waals surface area contributed by atoms with E-state index in [-0.39, 0.29) is 17.9 Å². The molecule has 0 spiro atoms. The summed E-state index contributed by atoms with van der Waals surface area (Å²) in [7, 11) is 0. The first-order chi connectivity index (χ1) is 8.72. The smallest absolute Gasteiger partial charge is 0.266 e. The van der Waals surface area contributed by atoms with E-state index >= 15 is 0 Å². The summed E-state index contributed by atoms with van der Waals surface area (Å²) in [5, 5.41) is 3.14. The summed E-state index contributed by atoms with van der Waals surface area (Å²) in [5.74, 6) is 0.352. The van der Waals surface area contributed by atoms with Crippen LogP contribution in [0.3, 0.4) is 0 Å². The lowest BCUT2D eigenvalue weighted by atomic mass is 10.0. The van der Waals surface area contributed by atoms with Gasteiger partial charge in [-0.25, -0.2) is 5.48 Å². The zero-order chi connectivity index (χ0) is 13.0. The van der Waals surface area contributed by atoms with E-state index < -0.39 is 0 Å². The second-order valence-electron chi connectivity index (χ2n) is 4.89. The van der Waals surface area contributed by atoms with Crippen molar-refractivity contribution in [3.05, 3.63) is 0 Å². The van der Waals surface area contributed by atoms with Crippen molar-refractivity contribution < 1.29 is 14.4 Å². The fourth-order valence-corrected chi connectivity index (χ4v) is 2.35. The first kappa shape index (κ1) is 13.3. The minimum absolute atomic E-state index is 0.0621. The fourth-order valence-electron chi connectivity index (χ4n) is 2.35. The molecule has 0 radical (unpaired) electrons. The minimum atomic E-state index is -0.365. The first-order valence-electron chi connectivity index (χ1n) is 6.64. The van der Waals surface area contributed by atoms with Crippen LogP contribution in [0.4, 0.5) is 0 Å². The third-order valence-electron chi connectivity index (χ3n) is 3.57. The Kier molecular flexibility index (Phi) is 4.54. The summed E-state index contributed by atoms with van der Waals surface area (Å²) in [4.78, 5) is 30.5. The van der Waals surface area contributed by atoms with Gasteiger partial charge >= 0.3 is 0 Å². The number of hydrogen-bond donors (Lipinski definition) is 2. The predicted octanol–water partition coefficient (Wildman–Crippen LogP) is -0.345. The molecular weight excluding hydrogens is 234 g/mol. The van der Waals surface area contributed by atoms with Crippen molar-refractivity contribution >= 4 is 11.8 Å². The zero-order valence-corrected chi connectivity index (χ0v) is 10.8. The quantitative estimate of drug-likeness (QED) is 0.659. The van der Waals surface area contributed by atoms with Gasteiger partial charge in [-0.3, -0.25) is 14.4 Å². The SMILES string of the molecule is CCN1C(=O)CCC[C@H]1C(=O)NOCC1CNC1. The Bertz CT molecular complexity index is 318. The number of piperidine rings is 1. The third-order valence-corrected chi connectivity index (χ3v) is 3.57. The van der Waals surface area contributed by atoms with Crippen LogP contribution in [0.25, 0.3) is 0 Å². The number of hydroxylamine groups is 1. The van der Waals surface area contributed by atoms with Gasteiger partial charge in [0.15, 0.2) is 0 Å². The Balaban J connectivity index is 1.76. The van der Waals surface area contributed by atoms with E-state index in [9.17, 15) is 9.59 Å². The second kappa shape index (κ2) is 6.15. The van der Waals surface area contributed by atoms with Crippen molar-refractivity contribution in [2.45, 2.75) is 32.2 Å². The molecule has 1 atom stereocenters. The van der Waals surface area contributed by atoms with Gasteiger partial charge in [0.2, 0.25) is 5.91 Å². The van der Waals surface area contributed by atoms with E-state index in [2.05, 4.69) is 10.8 Å². The van der Waals surface area contributed by atoms with E-state index in [0.29, 0.717) is 25.5 Å². The normalized spacial score (nSPS) is 24.8. The Morgan fingerprint density at radius 1 is 1.56 bits per heavy atom. The second-order valence-corrected chi connectivity index (χ2v) is 4.89. The number of likely N-dealkylation sites (N-methyl/N-ethyl adjacent to an activating group) is 1. The molecule has 0 unspecified atom stereocenters. The molecule has 2 aliphatic heterocycles. The molecule has 2 N–H and O–H groups in total. The van der Waals surface area contributed by atoms with Crippen molar-refractivity contribution in [2.24, 2.45) is 5.92 Å². The highest BCUT2D eigenvalue weighted by Gasteiger charge is 2.32. The van der Waals surface area contributed by atoms with E-state index in [4.69, 9.17) is 4.84 Å². The van der Waals surface area contributed by atoms with Gasteiger partial charge in [0.1, 0.15) is 6.04 Å². The molecule has 18 heavy (non-hydrogen) atoms. The van der Waals surface area contributed by atoms with Gasteiger partial charge in [-0.05, 0) is 19.8 Å². The molecule has 6 nitrogen and oxygen atoms in total. The summed E-state index contributed by atoms with van der Waals surface area (Å²) in [6.45, 7) is 4.89. The number of amides is 2. The van der Waals surface area contributed by atoms with Crippen molar-refractivity contribution in [3.63, 3.8) is 0 Å². The van der Waals surface area contributed by atoms with Crippen LogP contribution in [0.2, 0.25) is 0 Å². The molecule has 0 saturated carbocycles. The van der Waals surface area contributed by atoms with Crippen molar-refractivity contribution in [3.8, 4) is 0 Å². The van der Waals surface area contributed by atoms with E-state index in [1.165, 1.54) is 0 Å². The van der Waals surface area contributed by atoms with Gasteiger partial charge in [-0.15, -0.1) is 0 Å². The number of nitrogens with one attached hydrogen (secondary N) is 2. The molecule has 2 fully saturated rings. The summed E-state index contributed by atoms with van der Waals surface area (Å²) in [5.41, 5.74) is 2.48. The van der Waals surface area contributed by atoms with Crippen molar-refractivity contribution in [1.82, 2.24) is 15.7 Å². The van der Waals surface area contributed by atoms with Crippen LogP contribution >= 0.6 is 0 Å². The van der Waals surface area contributed by atoms with Gasteiger partial charge in [-0.2, -0.15) is 0 Å². The molecule has 102 valence electrons. The van der Waals surface area contributed by atoms with Gasteiger partial charge in [0, 0.05) is 32.0 Å². The number of nitrogens with zero attached hydrogens (tertiary/aromatic N) is 1. The Hall–Kier alpha value is -1.14. The molecular formula is C12H21N3O3. The van der Waals surface area contributed by atoms with Crippen LogP contribution in [-0.2, 0) is 14.4 Å². The monoisotopic (exact) mass is 255 g/mol. The molecule has 0 aromatic rings. The van der Waals surface area contributed by atoms with E-state index in [1.54, 1.807) is 4.90 Å². The Morgan fingerprint density at radius 3 is 2.94 bits per heavy atom. The van der Waals surface area contributed by atoms with Crippen LogP contribution in [0, 0.1) is 5.92 Å². The van der Waals surface area contributed by atoms with Gasteiger partial charge in [-0.1, -0.05) is 0 Å². The van der Waals surface area contributed by atoms with Crippen LogP contribution in [0.5, 0.6) is 0 Å². The molecule has 2 aliphatic rings. The number of hydrogen-bond acceptors (Lipinski definition) is 4. The minimum Gasteiger partial charge on any atom is -0.331 e. The largest absolute Gasteiger partial charge is 0.331 e. The van der Waals surface area contributed by atoms with Gasteiger partial charge in [0.05, 0.1) is 6.61 Å². The zero-order valence-electron chi connectivity index (χ0n) is 10.8. The topological polar surface area (TPSA) is 70.7 Å². The standard InChI is InChI=1S/C12H21N3O3/c1-2-15-10(4-3-5-11(15)16)12(17)14-18-8-9-6-13-7-9/h9-10,13H,2-8H2,1H3,(H,14,17)/t10-/m0/s1. The third kappa shape index (κ3) is 3.00. The van der Waals surface area contributed by atoms with E-state index in [1.807, 2.05) is 6.92 Å². The molecule has 2 heterocycles. The Labute approximate surface area is 107 Å². The van der Waals surface area contributed by atoms with Gasteiger partial charge in [0.25, 0.3) is 5.91 Å². The number of carbonyl (C=O) groups excluding carboxylic acids is 2. The summed E-state index contributed by atoms with van der Waals surface area (Å²) >= 11 is 0. The van der Waals surface area contributed by atoms with Crippen LogP contribution < -0.4 is 10.8 Å². The highest BCUT2D eigenvalue weighted by Crippen LogP contribution is 2.18. The fraction of sp³-hybridized carbons (Fsp3) is 0.833. The molecule has 2 amide bonds. The maximum atomic E-state index is 12.0. The highest BCUT2D eigenvalue weighted by molar-refractivity contribution is 5.88. The van der Waals surface area contributed by atoms with Gasteiger partial charge < -0.3 is 10.2 Å². The van der Waals surface area contributed by atoms with Crippen LogP contribution in [-0.4, -0.2) is 49.0 Å². The average Bonchev–Trinajstić information content (AvgIpc) is 2.31. The lowest BCUT2D eigenvalue weighted by molar-refractivity contribution is -0.150. The highest BCUT2D eigenvalue weighted by atomic mass is 16.7. The summed E-state index contributed by atoms with van der Waals surface area (Å²) < 4.78 is 0. The number of likely N-dealkylation sites (tertiary alicyclic amines) is 1. The molecule has 2 saturated heterocycles.